The zero-order valence-corrected chi connectivity index (χ0v) is 11.3. The fourth-order valence-electron chi connectivity index (χ4n) is 1.37. The van der Waals surface area contributed by atoms with Crippen LogP contribution < -0.4 is 16.7 Å². The minimum absolute atomic E-state index is 0.426. The molecule has 11 heteroatoms. The van der Waals surface area contributed by atoms with Crippen molar-refractivity contribution in [2.24, 2.45) is 5.10 Å². The van der Waals surface area contributed by atoms with Gasteiger partial charge in [-0.25, -0.2) is 10.2 Å². The largest absolute Gasteiger partial charge is 0.394 e. The average molecular weight is 316 g/mol. The fourth-order valence-corrected chi connectivity index (χ4v) is 1.37. The predicted molar refractivity (Wildman–Crippen MR) is 73.1 cm³/mol. The molecule has 22 heavy (non-hydrogen) atoms. The third-order valence-electron chi connectivity index (χ3n) is 2.56. The van der Waals surface area contributed by atoms with Crippen LogP contribution in [0, 0.1) is 0 Å². The van der Waals surface area contributed by atoms with Gasteiger partial charge in [-0.05, 0) is 0 Å². The quantitative estimate of drug-likeness (QED) is 0.218. The second kappa shape index (κ2) is 8.19. The molecular weight excluding hydrogens is 300 g/mol. The number of carbonyl (C=O) groups is 1. The maximum Gasteiger partial charge on any atom is 0.328 e. The first-order valence-electron chi connectivity index (χ1n) is 6.12. The van der Waals surface area contributed by atoms with Gasteiger partial charge in [-0.2, -0.15) is 5.10 Å². The number of nitrogens with one attached hydrogen (secondary N) is 2. The van der Waals surface area contributed by atoms with Crippen LogP contribution in [0.1, 0.15) is 0 Å². The number of amides is 1. The summed E-state index contributed by atoms with van der Waals surface area (Å²) in [5.41, 5.74) is 0.611. The Bertz CT molecular complexity index is 638. The molecule has 6 N–H and O–H groups in total. The molecule has 0 fully saturated rings. The number of aliphatic hydroxyl groups is 4. The van der Waals surface area contributed by atoms with Gasteiger partial charge in [0.05, 0.1) is 12.8 Å². The highest BCUT2D eigenvalue weighted by Gasteiger charge is 2.22. The number of H-pyrrole nitrogens is 1. The van der Waals surface area contributed by atoms with Crippen LogP contribution in [0.3, 0.4) is 0 Å². The number of hydrogen-bond donors (Lipinski definition) is 6. The summed E-state index contributed by atoms with van der Waals surface area (Å²) in [6.07, 6.45) is -2.97. The van der Waals surface area contributed by atoms with Crippen LogP contribution in [-0.2, 0) is 11.3 Å². The zero-order chi connectivity index (χ0) is 16.7. The third kappa shape index (κ3) is 5.21. The zero-order valence-electron chi connectivity index (χ0n) is 11.3. The Balaban J connectivity index is 2.54. The number of hydrazone groups is 1. The van der Waals surface area contributed by atoms with Gasteiger partial charge in [0.2, 0.25) is 0 Å². The summed E-state index contributed by atoms with van der Waals surface area (Å²) in [4.78, 5) is 35.6. The predicted octanol–water partition coefficient (Wildman–Crippen LogP) is -4.29. The second-order valence-corrected chi connectivity index (χ2v) is 4.28. The van der Waals surface area contributed by atoms with E-state index >= 15 is 0 Å². The molecule has 122 valence electrons. The van der Waals surface area contributed by atoms with Crippen LogP contribution in [-0.4, -0.2) is 67.0 Å². The van der Waals surface area contributed by atoms with Gasteiger partial charge in [0, 0.05) is 12.3 Å². The lowest BCUT2D eigenvalue weighted by molar-refractivity contribution is -0.121. The van der Waals surface area contributed by atoms with E-state index in [4.69, 9.17) is 10.2 Å². The molecule has 1 heterocycles. The molecule has 0 radical (unpaired) electrons. The van der Waals surface area contributed by atoms with Crippen molar-refractivity contribution in [3.8, 4) is 0 Å². The molecule has 3 atom stereocenters. The average Bonchev–Trinajstić information content (AvgIpc) is 2.48. The Hall–Kier alpha value is -2.34. The van der Waals surface area contributed by atoms with Crippen molar-refractivity contribution in [2.75, 3.05) is 6.61 Å². The van der Waals surface area contributed by atoms with E-state index in [1.54, 1.807) is 0 Å². The Morgan fingerprint density at radius 1 is 1.41 bits per heavy atom. The molecule has 0 bridgehead atoms. The van der Waals surface area contributed by atoms with Crippen LogP contribution in [0.15, 0.2) is 27.0 Å². The van der Waals surface area contributed by atoms with Gasteiger partial charge >= 0.3 is 5.69 Å². The van der Waals surface area contributed by atoms with E-state index in [2.05, 4.69) is 5.10 Å². The van der Waals surface area contributed by atoms with E-state index < -0.39 is 48.6 Å². The highest BCUT2D eigenvalue weighted by molar-refractivity contribution is 5.77. The lowest BCUT2D eigenvalue weighted by Crippen LogP contribution is -2.40. The van der Waals surface area contributed by atoms with Crippen molar-refractivity contribution in [1.29, 1.82) is 0 Å². The minimum atomic E-state index is -1.67. The number of hydrogen-bond acceptors (Lipinski definition) is 8. The summed E-state index contributed by atoms with van der Waals surface area (Å²) < 4.78 is 0.924. The molecule has 0 saturated heterocycles. The van der Waals surface area contributed by atoms with Crippen molar-refractivity contribution in [2.45, 2.75) is 24.9 Å². The van der Waals surface area contributed by atoms with Gasteiger partial charge in [-0.15, -0.1) is 0 Å². The number of aliphatic hydroxyl groups excluding tert-OH is 4. The lowest BCUT2D eigenvalue weighted by atomic mass is 10.1. The fraction of sp³-hybridized carbons (Fsp3) is 0.455. The van der Waals surface area contributed by atoms with Crippen molar-refractivity contribution in [3.63, 3.8) is 0 Å². The molecule has 1 aromatic rings. The van der Waals surface area contributed by atoms with Gasteiger partial charge in [0.1, 0.15) is 24.9 Å². The second-order valence-electron chi connectivity index (χ2n) is 4.28. The summed E-state index contributed by atoms with van der Waals surface area (Å²) in [5.74, 6) is -0.727. The minimum Gasteiger partial charge on any atom is -0.394 e. The van der Waals surface area contributed by atoms with E-state index in [0.717, 1.165) is 23.0 Å². The van der Waals surface area contributed by atoms with Gasteiger partial charge in [0.15, 0.2) is 0 Å². The van der Waals surface area contributed by atoms with Gasteiger partial charge in [0.25, 0.3) is 11.5 Å². The maximum atomic E-state index is 11.5. The van der Waals surface area contributed by atoms with E-state index in [0.29, 0.717) is 0 Å². The Morgan fingerprint density at radius 3 is 2.68 bits per heavy atom. The van der Waals surface area contributed by atoms with E-state index in [9.17, 15) is 24.6 Å². The highest BCUT2D eigenvalue weighted by Crippen LogP contribution is 1.97. The first kappa shape index (κ1) is 17.7. The van der Waals surface area contributed by atoms with E-state index in [1.165, 1.54) is 0 Å². The van der Waals surface area contributed by atoms with Crippen LogP contribution in [0.2, 0.25) is 0 Å². The van der Waals surface area contributed by atoms with Crippen molar-refractivity contribution in [3.05, 3.63) is 33.1 Å². The molecule has 0 aromatic carbocycles. The number of nitrogens with zero attached hydrogens (tertiary/aromatic N) is 2. The van der Waals surface area contributed by atoms with Gasteiger partial charge in [-0.1, -0.05) is 0 Å². The summed E-state index contributed by atoms with van der Waals surface area (Å²) in [6.45, 7) is -1.18. The molecule has 11 nitrogen and oxygen atoms in total. The summed E-state index contributed by atoms with van der Waals surface area (Å²) in [7, 11) is 0. The highest BCUT2D eigenvalue weighted by atomic mass is 16.4. The summed E-state index contributed by atoms with van der Waals surface area (Å²) in [6, 6.07) is 1.06. The normalized spacial score (nSPS) is 15.5. The van der Waals surface area contributed by atoms with Crippen molar-refractivity contribution >= 4 is 12.1 Å². The van der Waals surface area contributed by atoms with Crippen molar-refractivity contribution in [1.82, 2.24) is 15.0 Å². The molecular formula is C11H16N4O7. The molecule has 0 aliphatic rings. The van der Waals surface area contributed by atoms with Crippen LogP contribution in [0.4, 0.5) is 0 Å². The SMILES string of the molecule is O=C(Cn1ccc(=O)[nH]c1=O)N/N=C/[C@H](O)[C@@H](O)[C@@H](O)CO. The number of rotatable bonds is 7. The monoisotopic (exact) mass is 316 g/mol. The molecule has 1 rings (SSSR count). The molecule has 0 aliphatic carbocycles. The molecule has 0 unspecified atom stereocenters. The molecule has 0 spiro atoms. The number of carbonyl (C=O) groups excluding carboxylic acids is 1. The molecule has 1 amide bonds. The van der Waals surface area contributed by atoms with Gasteiger partial charge in [-0.3, -0.25) is 19.1 Å². The third-order valence-corrected chi connectivity index (χ3v) is 2.56. The maximum absolute atomic E-state index is 11.5. The molecule has 0 saturated carbocycles. The standard InChI is InChI=1S/C11H16N4O7/c16-5-7(18)10(21)6(17)3-12-14-9(20)4-15-2-1-8(19)13-11(15)22/h1-3,6-7,10,16-18,21H,4-5H2,(H,14,20)(H,13,19,22)/b12-3+/t6-,7-,10+/m0/s1. The Kier molecular flexibility index (Phi) is 6.59. The summed E-state index contributed by atoms with van der Waals surface area (Å²) in [5, 5.41) is 39.7. The number of aromatic amines is 1. The van der Waals surface area contributed by atoms with Crippen LogP contribution >= 0.6 is 0 Å². The first-order valence-corrected chi connectivity index (χ1v) is 6.12. The van der Waals surface area contributed by atoms with Crippen molar-refractivity contribution < 1.29 is 25.2 Å². The van der Waals surface area contributed by atoms with E-state index in [-0.39, 0.29) is 0 Å². The summed E-state index contributed by atoms with van der Waals surface area (Å²) >= 11 is 0. The van der Waals surface area contributed by atoms with E-state index in [1.807, 2.05) is 10.4 Å². The number of aromatic nitrogens is 2. The first-order chi connectivity index (χ1) is 10.3. The topological polar surface area (TPSA) is 177 Å². The molecule has 1 aromatic heterocycles. The van der Waals surface area contributed by atoms with Gasteiger partial charge < -0.3 is 20.4 Å². The Labute approximate surface area is 123 Å². The molecule has 0 aliphatic heterocycles. The Morgan fingerprint density at radius 2 is 2.09 bits per heavy atom. The lowest BCUT2D eigenvalue weighted by Gasteiger charge is -2.17. The van der Waals surface area contributed by atoms with Crippen LogP contribution in [0.25, 0.3) is 0 Å². The van der Waals surface area contributed by atoms with Crippen LogP contribution in [0.5, 0.6) is 0 Å². The smallest absolute Gasteiger partial charge is 0.328 e.